The molecule has 4 heterocycles. The molecule has 0 fully saturated rings. The fourth-order valence-corrected chi connectivity index (χ4v) is 6.65. The van der Waals surface area contributed by atoms with Crippen molar-refractivity contribution >= 4 is 54.6 Å². The summed E-state index contributed by atoms with van der Waals surface area (Å²) in [5.74, 6) is 1.74. The molecule has 204 valence electrons. The van der Waals surface area contributed by atoms with E-state index >= 15 is 0 Å². The summed E-state index contributed by atoms with van der Waals surface area (Å²) < 4.78 is 8.81. The lowest BCUT2D eigenvalue weighted by Gasteiger charge is -2.23. The van der Waals surface area contributed by atoms with Crippen molar-refractivity contribution in [1.29, 1.82) is 0 Å². The smallest absolute Gasteiger partial charge is 0.230 e. The molecule has 4 aromatic heterocycles. The number of aryl methyl sites for hydroxylation is 3. The summed E-state index contributed by atoms with van der Waals surface area (Å²) in [5, 5.41) is 6.77. The Labute approximate surface area is 242 Å². The molecule has 0 amide bonds. The van der Waals surface area contributed by atoms with Gasteiger partial charge in [0.25, 0.3) is 0 Å². The van der Waals surface area contributed by atoms with Crippen LogP contribution in [0.1, 0.15) is 42.5 Å². The van der Waals surface area contributed by atoms with Crippen molar-refractivity contribution in [2.75, 3.05) is 0 Å². The van der Waals surface area contributed by atoms with Gasteiger partial charge in [-0.3, -0.25) is 9.55 Å². The molecule has 0 radical (unpaired) electrons. The van der Waals surface area contributed by atoms with E-state index in [1.54, 1.807) is 0 Å². The number of benzene rings is 4. The van der Waals surface area contributed by atoms with Crippen LogP contribution >= 0.6 is 0 Å². The Bertz CT molecular complexity index is 2380. The highest BCUT2D eigenvalue weighted by molar-refractivity contribution is 6.15. The summed E-state index contributed by atoms with van der Waals surface area (Å²) >= 11 is 0. The van der Waals surface area contributed by atoms with Gasteiger partial charge < -0.3 is 4.42 Å². The molecule has 0 atom stereocenters. The van der Waals surface area contributed by atoms with Crippen LogP contribution < -0.4 is 0 Å². The summed E-state index contributed by atoms with van der Waals surface area (Å²) in [6.07, 6.45) is 1.85. The molecular formula is C36H29N5O. The molecule has 0 aliphatic heterocycles. The first-order valence-electron chi connectivity index (χ1n) is 14.4. The number of furan rings is 1. The maximum atomic E-state index is 6.48. The Kier molecular flexibility index (Phi) is 5.26. The van der Waals surface area contributed by atoms with E-state index in [0.29, 0.717) is 11.5 Å². The third kappa shape index (κ3) is 3.44. The van der Waals surface area contributed by atoms with Gasteiger partial charge in [-0.2, -0.15) is 4.98 Å². The molecular weight excluding hydrogens is 518 g/mol. The van der Waals surface area contributed by atoms with Crippen LogP contribution in [-0.4, -0.2) is 24.5 Å². The lowest BCUT2D eigenvalue weighted by Crippen LogP contribution is -2.07. The second kappa shape index (κ2) is 8.95. The van der Waals surface area contributed by atoms with Crippen LogP contribution in [0.5, 0.6) is 0 Å². The summed E-state index contributed by atoms with van der Waals surface area (Å²) in [5.41, 5.74) is 8.45. The summed E-state index contributed by atoms with van der Waals surface area (Å²) in [7, 11) is 0. The van der Waals surface area contributed by atoms with Crippen molar-refractivity contribution in [3.8, 4) is 17.1 Å². The summed E-state index contributed by atoms with van der Waals surface area (Å²) in [6, 6.07) is 25.7. The molecule has 0 bridgehead atoms. The van der Waals surface area contributed by atoms with Crippen molar-refractivity contribution < 1.29 is 4.42 Å². The number of fused-ring (bicyclic) bond motifs is 7. The predicted molar refractivity (Wildman–Crippen MR) is 170 cm³/mol. The number of imidazole rings is 1. The number of para-hydroxylation sites is 1. The predicted octanol–water partition coefficient (Wildman–Crippen LogP) is 9.13. The van der Waals surface area contributed by atoms with E-state index in [1.165, 1.54) is 27.1 Å². The quantitative estimate of drug-likeness (QED) is 0.206. The first kappa shape index (κ1) is 24.7. The first-order valence-corrected chi connectivity index (χ1v) is 14.4. The molecule has 0 N–H and O–H groups in total. The average molecular weight is 548 g/mol. The van der Waals surface area contributed by atoms with Crippen LogP contribution in [0.4, 0.5) is 0 Å². The van der Waals surface area contributed by atoms with E-state index in [2.05, 4.69) is 108 Å². The van der Waals surface area contributed by atoms with Gasteiger partial charge in [0.15, 0.2) is 0 Å². The topological polar surface area (TPSA) is 69.6 Å². The largest absolute Gasteiger partial charge is 0.437 e. The van der Waals surface area contributed by atoms with Crippen molar-refractivity contribution in [2.45, 2.75) is 40.5 Å². The molecule has 0 spiro atoms. The maximum Gasteiger partial charge on any atom is 0.230 e. The lowest BCUT2D eigenvalue weighted by molar-refractivity contribution is 0.651. The van der Waals surface area contributed by atoms with Crippen molar-refractivity contribution in [1.82, 2.24) is 24.5 Å². The van der Waals surface area contributed by atoms with E-state index in [-0.39, 0.29) is 5.92 Å². The van der Waals surface area contributed by atoms with E-state index in [0.717, 1.165) is 55.9 Å². The van der Waals surface area contributed by atoms with Crippen LogP contribution in [0.25, 0.3) is 71.7 Å². The molecule has 0 unspecified atom stereocenters. The number of hydrogen-bond acceptors (Lipinski definition) is 5. The van der Waals surface area contributed by atoms with Gasteiger partial charge in [0.05, 0.1) is 33.4 Å². The fourth-order valence-electron chi connectivity index (χ4n) is 6.65. The van der Waals surface area contributed by atoms with Gasteiger partial charge in [-0.15, -0.1) is 0 Å². The van der Waals surface area contributed by atoms with Gasteiger partial charge in [0, 0.05) is 22.7 Å². The molecule has 8 aromatic rings. The van der Waals surface area contributed by atoms with E-state index in [4.69, 9.17) is 14.4 Å². The third-order valence-electron chi connectivity index (χ3n) is 8.30. The molecule has 8 rings (SSSR count). The molecule has 0 saturated heterocycles. The Morgan fingerprint density at radius 2 is 1.40 bits per heavy atom. The SMILES string of the molecule is Cc1cc2nc(-c3cccc4c3oc3nc(C)ncc34)n(-c3c(C(C)C)c4ccccc4c4ccccc34)c2c(C)n1. The molecule has 6 nitrogen and oxygen atoms in total. The molecule has 0 aliphatic carbocycles. The standard InChI is InChI=1S/C36H29N5O/c1-19(2)31-25-13-8-6-11-23(25)24-12-7-9-14-26(24)33(31)41-32-21(4)38-20(3)17-30(32)40-35(41)28-16-10-15-27-29-18-37-22(5)39-36(29)42-34(27)28/h6-19H,1-5H3. The first-order chi connectivity index (χ1) is 20.4. The zero-order valence-electron chi connectivity index (χ0n) is 24.2. The molecule has 42 heavy (non-hydrogen) atoms. The van der Waals surface area contributed by atoms with Crippen LogP contribution in [0.2, 0.25) is 0 Å². The second-order valence-electron chi connectivity index (χ2n) is 11.4. The van der Waals surface area contributed by atoms with Crippen molar-refractivity contribution in [2.24, 2.45) is 0 Å². The highest BCUT2D eigenvalue weighted by Gasteiger charge is 2.26. The minimum absolute atomic E-state index is 0.249. The summed E-state index contributed by atoms with van der Waals surface area (Å²) in [6.45, 7) is 10.5. The minimum Gasteiger partial charge on any atom is -0.437 e. The van der Waals surface area contributed by atoms with Gasteiger partial charge in [0.2, 0.25) is 5.71 Å². The lowest BCUT2D eigenvalue weighted by atomic mass is 9.89. The van der Waals surface area contributed by atoms with Crippen molar-refractivity contribution in [3.05, 3.63) is 102 Å². The average Bonchev–Trinajstić information content (AvgIpc) is 3.54. The van der Waals surface area contributed by atoms with Crippen LogP contribution in [0.15, 0.2) is 83.4 Å². The zero-order valence-corrected chi connectivity index (χ0v) is 24.2. The summed E-state index contributed by atoms with van der Waals surface area (Å²) in [4.78, 5) is 19.3. The maximum absolute atomic E-state index is 6.48. The number of hydrogen-bond donors (Lipinski definition) is 0. The van der Waals surface area contributed by atoms with Crippen molar-refractivity contribution in [3.63, 3.8) is 0 Å². The number of aromatic nitrogens is 5. The highest BCUT2D eigenvalue weighted by atomic mass is 16.3. The monoisotopic (exact) mass is 547 g/mol. The number of rotatable bonds is 3. The van der Waals surface area contributed by atoms with Gasteiger partial charge in [-0.25, -0.2) is 9.97 Å². The van der Waals surface area contributed by atoms with E-state index in [9.17, 15) is 0 Å². The molecule has 6 heteroatoms. The fraction of sp³-hybridized carbons (Fsp3) is 0.167. The van der Waals surface area contributed by atoms with Crippen LogP contribution in [-0.2, 0) is 0 Å². The Morgan fingerprint density at radius 3 is 2.17 bits per heavy atom. The normalized spacial score (nSPS) is 12.1. The third-order valence-corrected chi connectivity index (χ3v) is 8.30. The molecule has 0 saturated carbocycles. The number of pyridine rings is 1. The van der Waals surface area contributed by atoms with E-state index in [1.807, 2.05) is 20.0 Å². The minimum atomic E-state index is 0.249. The van der Waals surface area contributed by atoms with E-state index < -0.39 is 0 Å². The van der Waals surface area contributed by atoms with Crippen LogP contribution in [0, 0.1) is 20.8 Å². The molecule has 0 aliphatic rings. The Balaban J connectivity index is 1.60. The highest BCUT2D eigenvalue weighted by Crippen LogP contribution is 2.44. The van der Waals surface area contributed by atoms with Crippen LogP contribution in [0.3, 0.4) is 0 Å². The van der Waals surface area contributed by atoms with Gasteiger partial charge in [-0.1, -0.05) is 74.5 Å². The van der Waals surface area contributed by atoms with Gasteiger partial charge in [0.1, 0.15) is 17.2 Å². The Morgan fingerprint density at radius 1 is 0.714 bits per heavy atom. The second-order valence-corrected chi connectivity index (χ2v) is 11.4. The zero-order chi connectivity index (χ0) is 28.7. The van der Waals surface area contributed by atoms with Gasteiger partial charge >= 0.3 is 0 Å². The Hall–Kier alpha value is -5.10. The molecule has 4 aromatic carbocycles. The van der Waals surface area contributed by atoms with Gasteiger partial charge in [-0.05, 0) is 60.5 Å². The number of nitrogens with zero attached hydrogens (tertiary/aromatic N) is 5.